The summed E-state index contributed by atoms with van der Waals surface area (Å²) >= 11 is 0. The molecule has 0 N–H and O–H groups in total. The molecule has 0 nitrogen and oxygen atoms in total. The fourth-order valence-electron chi connectivity index (χ4n) is 0. The molecule has 0 aromatic rings. The smallest absolute Gasteiger partial charge is 1.00 e. The Morgan fingerprint density at radius 3 is 1.60 bits per heavy atom. The van der Waals surface area contributed by atoms with Crippen LogP contribution in [0.4, 0.5) is 0 Å². The summed E-state index contributed by atoms with van der Waals surface area (Å²) in [6, 6.07) is 0. The summed E-state index contributed by atoms with van der Waals surface area (Å²) in [4.78, 5) is 0. The zero-order valence-corrected chi connectivity index (χ0v) is 8.28. The van der Waals surface area contributed by atoms with E-state index in [1.807, 2.05) is 6.92 Å². The maximum absolute atomic E-state index is 3.36. The van der Waals surface area contributed by atoms with E-state index in [1.54, 1.807) is 6.08 Å². The van der Waals surface area contributed by atoms with E-state index in [0.29, 0.717) is 0 Å². The molecule has 0 saturated heterocycles. The Balaban J connectivity index is -0.00000000333. The summed E-state index contributed by atoms with van der Waals surface area (Å²) in [5.74, 6) is 0. The van der Waals surface area contributed by atoms with Crippen LogP contribution in [0.2, 0.25) is 0 Å². The van der Waals surface area contributed by atoms with Crippen molar-refractivity contribution in [2.75, 3.05) is 0 Å². The third kappa shape index (κ3) is 26.5. The Morgan fingerprint density at radius 2 is 1.60 bits per heavy atom. The van der Waals surface area contributed by atoms with Crippen LogP contribution < -0.4 is 59.1 Å². The molecule has 0 saturated carbocycles. The molecule has 0 bridgehead atoms. The zero-order chi connectivity index (χ0) is 2.71. The monoisotopic (exact) mass is 90.0 g/mol. The molecule has 0 radical (unpaired) electrons. The molecule has 0 aliphatic rings. The van der Waals surface area contributed by atoms with Crippen molar-refractivity contribution in [3.63, 3.8) is 0 Å². The number of allylic oxidation sites excluding steroid dienone is 1. The van der Waals surface area contributed by atoms with Crippen molar-refractivity contribution in [2.45, 2.75) is 6.92 Å². The molecule has 0 rings (SSSR count). The van der Waals surface area contributed by atoms with Crippen LogP contribution in [0.1, 0.15) is 9.78 Å². The van der Waals surface area contributed by atoms with Crippen LogP contribution in [-0.4, -0.2) is 0 Å². The van der Waals surface area contributed by atoms with E-state index in [0.717, 1.165) is 0 Å². The number of rotatable bonds is 0. The first kappa shape index (κ1) is 15.9. The molecule has 5 heavy (non-hydrogen) atoms. The Bertz CT molecular complexity index is 18.4. The van der Waals surface area contributed by atoms with E-state index >= 15 is 0 Å². The van der Waals surface area contributed by atoms with Crippen LogP contribution in [0.5, 0.6) is 0 Å². The first-order valence-electron chi connectivity index (χ1n) is 0.986. The summed E-state index contributed by atoms with van der Waals surface area (Å²) in [6.07, 6.45) is 1.75. The van der Waals surface area contributed by atoms with E-state index in [4.69, 9.17) is 0 Å². The molecule has 0 spiro atoms. The predicted octanol–water partition coefficient (Wildman–Crippen LogP) is -4.57. The van der Waals surface area contributed by atoms with Gasteiger partial charge in [-0.25, -0.2) is 0 Å². The van der Waals surface area contributed by atoms with Gasteiger partial charge in [0.1, 0.15) is 0 Å². The second kappa shape index (κ2) is 17.2. The summed E-state index contributed by atoms with van der Waals surface area (Å²) in [5, 5.41) is 0. The van der Waals surface area contributed by atoms with Crippen molar-refractivity contribution in [2.24, 2.45) is 0 Å². The molecule has 0 amide bonds. The Hall–Kier alpha value is 1.74. The summed E-state index contributed by atoms with van der Waals surface area (Å²) < 4.78 is 0. The van der Waals surface area contributed by atoms with Crippen molar-refractivity contribution in [1.82, 2.24) is 0 Å². The predicted molar refractivity (Wildman–Crippen MR) is 18.1 cm³/mol. The van der Waals surface area contributed by atoms with Crippen molar-refractivity contribution >= 4 is 0 Å². The third-order valence-corrected chi connectivity index (χ3v) is 0. The molecule has 0 unspecified atom stereocenters. The van der Waals surface area contributed by atoms with E-state index < -0.39 is 0 Å². The average molecular weight is 90.1 g/mol. The Kier molecular flexibility index (Phi) is 54.5. The van der Waals surface area contributed by atoms with Gasteiger partial charge in [0.15, 0.2) is 0 Å². The second-order valence-electron chi connectivity index (χ2n) is 0.408. The molecule has 2 heteroatoms. The summed E-state index contributed by atoms with van der Waals surface area (Å²) in [5.41, 5.74) is 0. The van der Waals surface area contributed by atoms with E-state index in [9.17, 15) is 0 Å². The van der Waals surface area contributed by atoms with Gasteiger partial charge in [-0.2, -0.15) is 0 Å². The molecule has 22 valence electrons. The minimum atomic E-state index is 0. The van der Waals surface area contributed by atoms with Crippen LogP contribution in [-0.2, 0) is 0 Å². The maximum Gasteiger partial charge on any atom is 1.00 e. The van der Waals surface area contributed by atoms with Gasteiger partial charge in [0, 0.05) is 0 Å². The van der Waals surface area contributed by atoms with Gasteiger partial charge < -0.3 is 2.85 Å². The van der Waals surface area contributed by atoms with Gasteiger partial charge in [0.2, 0.25) is 0 Å². The van der Waals surface area contributed by atoms with Crippen LogP contribution in [0.15, 0.2) is 12.7 Å². The Morgan fingerprint density at radius 1 is 1.60 bits per heavy atom. The number of hydrogen-bond donors (Lipinski definition) is 0. The summed E-state index contributed by atoms with van der Waals surface area (Å²) in [7, 11) is 0. The van der Waals surface area contributed by atoms with Gasteiger partial charge in [-0.05, 0) is 6.92 Å². The van der Waals surface area contributed by atoms with Gasteiger partial charge in [-0.1, -0.05) is 6.08 Å². The van der Waals surface area contributed by atoms with Crippen molar-refractivity contribution in [3.05, 3.63) is 12.7 Å². The van der Waals surface area contributed by atoms with E-state index in [1.165, 1.54) is 0 Å². The van der Waals surface area contributed by atoms with Crippen LogP contribution in [0, 0.1) is 0 Å². The van der Waals surface area contributed by atoms with Crippen LogP contribution in [0.3, 0.4) is 0 Å². The zero-order valence-electron chi connectivity index (χ0n) is 6.28. The third-order valence-electron chi connectivity index (χ3n) is 0. The van der Waals surface area contributed by atoms with Gasteiger partial charge in [0.25, 0.3) is 0 Å². The minimum absolute atomic E-state index is 0. The molecule has 0 aromatic heterocycles. The molecule has 0 heterocycles. The first-order chi connectivity index (χ1) is 1.41. The quantitative estimate of drug-likeness (QED) is 0.207. The molecule has 0 fully saturated rings. The molecule has 0 aliphatic heterocycles. The minimum Gasteiger partial charge on any atom is -1.00 e. The van der Waals surface area contributed by atoms with Crippen LogP contribution >= 0.6 is 0 Å². The fourth-order valence-corrected chi connectivity index (χ4v) is 0. The molecular weight excluding hydrogens is 82.0 g/mol. The van der Waals surface area contributed by atoms with Crippen molar-refractivity contribution < 1.29 is 62.0 Å². The van der Waals surface area contributed by atoms with Gasteiger partial charge in [0.05, 0.1) is 0 Å². The number of hydrogen-bond acceptors (Lipinski definition) is 0. The molecular formula is C3H8Na2. The molecule has 0 atom stereocenters. The normalized spacial score (nSPS) is 2.60. The fraction of sp³-hybridized carbons (Fsp3) is 0.333. The topological polar surface area (TPSA) is 0 Å². The van der Waals surface area contributed by atoms with Crippen LogP contribution in [0.25, 0.3) is 0 Å². The van der Waals surface area contributed by atoms with Crippen molar-refractivity contribution in [3.8, 4) is 0 Å². The molecule has 0 aromatic carbocycles. The van der Waals surface area contributed by atoms with Gasteiger partial charge in [-0.15, -0.1) is 6.58 Å². The summed E-state index contributed by atoms with van der Waals surface area (Å²) in [6.45, 7) is 5.25. The SMILES string of the molecule is C=CC.[H-].[H-].[Na+].[Na+]. The first-order valence-corrected chi connectivity index (χ1v) is 0.986. The Labute approximate surface area is 80.6 Å². The van der Waals surface area contributed by atoms with Crippen molar-refractivity contribution in [1.29, 1.82) is 0 Å². The second-order valence-corrected chi connectivity index (χ2v) is 0.408. The van der Waals surface area contributed by atoms with E-state index in [2.05, 4.69) is 6.58 Å². The van der Waals surface area contributed by atoms with Gasteiger partial charge in [-0.3, -0.25) is 0 Å². The molecule has 0 aliphatic carbocycles. The maximum atomic E-state index is 3.36. The standard InChI is InChI=1S/C3H6.2Na.2H/c1-3-2;;;;/h3H,1H2,2H3;;;;/q;2*+1;2*-1. The van der Waals surface area contributed by atoms with Gasteiger partial charge >= 0.3 is 59.1 Å². The van der Waals surface area contributed by atoms with E-state index in [-0.39, 0.29) is 62.0 Å². The largest absolute Gasteiger partial charge is 1.00 e. The average Bonchev–Trinajstić information content (AvgIpc) is 0.918.